The fourth-order valence-corrected chi connectivity index (χ4v) is 5.97. The number of benzene rings is 1. The third-order valence-electron chi connectivity index (χ3n) is 8.64. The molecule has 0 bridgehead atoms. The number of amides is 1. The highest BCUT2D eigenvalue weighted by molar-refractivity contribution is 5.69. The zero-order valence-electron chi connectivity index (χ0n) is 28.3. The summed E-state index contributed by atoms with van der Waals surface area (Å²) in [5.41, 5.74) is 0.00272. The van der Waals surface area contributed by atoms with E-state index in [-0.39, 0.29) is 41.5 Å². The molecule has 3 aromatic rings. The molecule has 0 saturated carbocycles. The van der Waals surface area contributed by atoms with Gasteiger partial charge in [0.1, 0.15) is 34.6 Å². The average molecular weight is 697 g/mol. The molecular formula is C34H39F3N8O5. The van der Waals surface area contributed by atoms with E-state index in [1.807, 2.05) is 12.1 Å². The summed E-state index contributed by atoms with van der Waals surface area (Å²) in [5.74, 6) is -3.47. The van der Waals surface area contributed by atoms with E-state index in [1.165, 1.54) is 18.2 Å². The number of hydrogen-bond donors (Lipinski definition) is 1. The minimum Gasteiger partial charge on any atom is -0.483 e. The van der Waals surface area contributed by atoms with Gasteiger partial charge in [-0.3, -0.25) is 4.90 Å². The van der Waals surface area contributed by atoms with E-state index < -0.39 is 36.1 Å². The number of alkyl halides is 2. The lowest BCUT2D eigenvalue weighted by molar-refractivity contribution is -0.137. The second-order valence-electron chi connectivity index (χ2n) is 13.3. The van der Waals surface area contributed by atoms with Gasteiger partial charge < -0.3 is 34.1 Å². The van der Waals surface area contributed by atoms with Crippen LogP contribution < -0.4 is 19.7 Å². The van der Waals surface area contributed by atoms with Crippen LogP contribution in [0.5, 0.6) is 11.6 Å². The van der Waals surface area contributed by atoms with Gasteiger partial charge in [-0.1, -0.05) is 0 Å². The summed E-state index contributed by atoms with van der Waals surface area (Å²) in [6.45, 7) is 9.04. The molecule has 13 nitrogen and oxygen atoms in total. The Morgan fingerprint density at radius 2 is 1.86 bits per heavy atom. The van der Waals surface area contributed by atoms with Gasteiger partial charge in [0, 0.05) is 44.7 Å². The van der Waals surface area contributed by atoms with Crippen LogP contribution in [0.15, 0.2) is 36.5 Å². The van der Waals surface area contributed by atoms with Crippen LogP contribution in [0.4, 0.5) is 35.4 Å². The molecule has 50 heavy (non-hydrogen) atoms. The minimum atomic E-state index is -3.42. The number of nitrogens with zero attached hydrogens (tertiary/aromatic N) is 7. The summed E-state index contributed by atoms with van der Waals surface area (Å²) >= 11 is 0. The molecule has 3 saturated heterocycles. The molecule has 0 radical (unpaired) electrons. The number of halogens is 3. The number of anilines is 3. The van der Waals surface area contributed by atoms with Gasteiger partial charge in [-0.2, -0.15) is 10.2 Å². The standard InChI is InChI=1S/C34H39F3N8O5/c1-33(2,3)50-32(46)45-10-9-27(34(36,37)20-45)49-26-7-5-21(15-22(26)16-38)29-24(35)17-39-31(42-29)41-28-8-6-25(30(40-28)47-4)44-13-11-43(12-14-44)23-18-48-19-23/h5-8,15,17,23,27H,9-14,18-20H2,1-4H3,(H,39,40,41,42). The van der Waals surface area contributed by atoms with Crippen molar-refractivity contribution in [2.24, 2.45) is 0 Å². The molecule has 3 aliphatic heterocycles. The first kappa shape index (κ1) is 35.0. The number of pyridine rings is 1. The van der Waals surface area contributed by atoms with Crippen molar-refractivity contribution in [3.63, 3.8) is 0 Å². The predicted octanol–water partition coefficient (Wildman–Crippen LogP) is 4.85. The monoisotopic (exact) mass is 696 g/mol. The van der Waals surface area contributed by atoms with Crippen molar-refractivity contribution in [3.8, 4) is 29.0 Å². The molecule has 3 aliphatic rings. The van der Waals surface area contributed by atoms with Crippen molar-refractivity contribution in [2.45, 2.75) is 50.9 Å². The maximum Gasteiger partial charge on any atom is 0.410 e. The molecule has 0 aliphatic carbocycles. The molecule has 2 aromatic heterocycles. The van der Waals surface area contributed by atoms with Gasteiger partial charge in [-0.25, -0.2) is 27.9 Å². The van der Waals surface area contributed by atoms with Gasteiger partial charge >= 0.3 is 12.0 Å². The van der Waals surface area contributed by atoms with Crippen molar-refractivity contribution in [2.75, 3.05) is 69.8 Å². The molecule has 3 fully saturated rings. The van der Waals surface area contributed by atoms with Crippen LogP contribution in [0, 0.1) is 17.1 Å². The van der Waals surface area contributed by atoms with Crippen molar-refractivity contribution in [1.29, 1.82) is 5.26 Å². The zero-order chi connectivity index (χ0) is 35.6. The fourth-order valence-electron chi connectivity index (χ4n) is 5.97. The van der Waals surface area contributed by atoms with E-state index in [1.54, 1.807) is 33.9 Å². The van der Waals surface area contributed by atoms with Crippen LogP contribution in [0.1, 0.15) is 32.8 Å². The largest absolute Gasteiger partial charge is 0.483 e. The van der Waals surface area contributed by atoms with Gasteiger partial charge in [-0.15, -0.1) is 0 Å². The first-order chi connectivity index (χ1) is 23.8. The SMILES string of the molecule is COc1nc(Nc2ncc(F)c(-c3ccc(OC4CCN(C(=O)OC(C)(C)C)CC4(F)F)c(C#N)c3)n2)ccc1N1CCN(C2COC2)CC1. The number of aromatic nitrogens is 3. The molecule has 1 unspecified atom stereocenters. The first-order valence-corrected chi connectivity index (χ1v) is 16.3. The number of methoxy groups -OCH3 is 1. The maximum atomic E-state index is 15.1. The molecule has 1 atom stereocenters. The number of ether oxygens (including phenoxy) is 4. The summed E-state index contributed by atoms with van der Waals surface area (Å²) < 4.78 is 67.0. The van der Waals surface area contributed by atoms with E-state index in [4.69, 9.17) is 18.9 Å². The summed E-state index contributed by atoms with van der Waals surface area (Å²) in [6, 6.07) is 10.1. The lowest BCUT2D eigenvalue weighted by Gasteiger charge is -2.43. The first-order valence-electron chi connectivity index (χ1n) is 16.3. The quantitative estimate of drug-likeness (QED) is 0.345. The molecule has 266 valence electrons. The lowest BCUT2D eigenvalue weighted by Crippen LogP contribution is -2.56. The lowest BCUT2D eigenvalue weighted by atomic mass is 10.0. The third-order valence-corrected chi connectivity index (χ3v) is 8.64. The number of rotatable bonds is 8. The van der Waals surface area contributed by atoms with E-state index in [0.29, 0.717) is 17.7 Å². The van der Waals surface area contributed by atoms with Crippen molar-refractivity contribution < 1.29 is 36.9 Å². The third kappa shape index (κ3) is 7.79. The Hall–Kier alpha value is -4.88. The number of nitrogens with one attached hydrogen (secondary N) is 1. The molecule has 5 heterocycles. The second kappa shape index (κ2) is 14.2. The summed E-state index contributed by atoms with van der Waals surface area (Å²) in [7, 11) is 1.54. The van der Waals surface area contributed by atoms with Crippen LogP contribution in [0.25, 0.3) is 11.3 Å². The topological polar surface area (TPSA) is 138 Å². The van der Waals surface area contributed by atoms with Crippen LogP contribution in [-0.4, -0.2) is 114 Å². The Labute approximate surface area is 287 Å². The van der Waals surface area contributed by atoms with Crippen LogP contribution in [0.3, 0.4) is 0 Å². The fraction of sp³-hybridized carbons (Fsp3) is 0.500. The Kier molecular flexibility index (Phi) is 9.90. The van der Waals surface area contributed by atoms with Crippen LogP contribution >= 0.6 is 0 Å². The second-order valence-corrected chi connectivity index (χ2v) is 13.3. The number of nitriles is 1. The van der Waals surface area contributed by atoms with Crippen molar-refractivity contribution in [3.05, 3.63) is 47.9 Å². The number of piperazine rings is 1. The Morgan fingerprint density at radius 1 is 1.10 bits per heavy atom. The van der Waals surface area contributed by atoms with Gasteiger partial charge in [0.05, 0.1) is 44.7 Å². The summed E-state index contributed by atoms with van der Waals surface area (Å²) in [5, 5.41) is 12.8. The van der Waals surface area contributed by atoms with E-state index >= 15 is 13.2 Å². The normalized spacial score (nSPS) is 19.7. The molecular weight excluding hydrogens is 657 g/mol. The molecule has 16 heteroatoms. The molecule has 6 rings (SSSR count). The van der Waals surface area contributed by atoms with Crippen molar-refractivity contribution >= 4 is 23.5 Å². The van der Waals surface area contributed by atoms with Gasteiger partial charge in [0.15, 0.2) is 11.9 Å². The molecule has 0 spiro atoms. The van der Waals surface area contributed by atoms with Crippen LogP contribution in [-0.2, 0) is 9.47 Å². The minimum absolute atomic E-state index is 0.0198. The van der Waals surface area contributed by atoms with E-state index in [9.17, 15) is 10.1 Å². The van der Waals surface area contributed by atoms with Crippen LogP contribution in [0.2, 0.25) is 0 Å². The number of likely N-dealkylation sites (tertiary alicyclic amines) is 1. The highest BCUT2D eigenvalue weighted by atomic mass is 19.3. The molecule has 1 N–H and O–H groups in total. The van der Waals surface area contributed by atoms with E-state index in [2.05, 4.69) is 30.1 Å². The number of hydrogen-bond acceptors (Lipinski definition) is 12. The Bertz CT molecular complexity index is 1760. The van der Waals surface area contributed by atoms with Gasteiger partial charge in [0.25, 0.3) is 0 Å². The summed E-state index contributed by atoms with van der Waals surface area (Å²) in [6.07, 6.45) is -1.65. The highest BCUT2D eigenvalue weighted by Crippen LogP contribution is 2.35. The maximum absolute atomic E-state index is 15.1. The van der Waals surface area contributed by atoms with E-state index in [0.717, 1.165) is 56.2 Å². The predicted molar refractivity (Wildman–Crippen MR) is 176 cm³/mol. The number of piperidine rings is 1. The van der Waals surface area contributed by atoms with Gasteiger partial charge in [0.2, 0.25) is 11.8 Å². The average Bonchev–Trinajstić information content (AvgIpc) is 3.05. The molecule has 1 amide bonds. The highest BCUT2D eigenvalue weighted by Gasteiger charge is 2.48. The Morgan fingerprint density at radius 3 is 2.50 bits per heavy atom. The van der Waals surface area contributed by atoms with Gasteiger partial charge in [-0.05, 0) is 51.1 Å². The smallest absolute Gasteiger partial charge is 0.410 e. The zero-order valence-corrected chi connectivity index (χ0v) is 28.3. The molecule has 1 aromatic carbocycles. The Balaban J connectivity index is 1.13. The van der Waals surface area contributed by atoms with Crippen molar-refractivity contribution in [1.82, 2.24) is 24.8 Å². The summed E-state index contributed by atoms with van der Waals surface area (Å²) in [4.78, 5) is 30.9. The number of carbonyl (C=O) groups excluding carboxylic acids is 1. The number of carbonyl (C=O) groups is 1.